The number of hydrogen-bond donors (Lipinski definition) is 1. The van der Waals surface area contributed by atoms with Crippen LogP contribution in [0.15, 0.2) is 36.4 Å². The lowest BCUT2D eigenvalue weighted by atomic mass is 10.1. The van der Waals surface area contributed by atoms with E-state index in [-0.39, 0.29) is 5.91 Å². The SMILES string of the molecule is O=C(C[C@H]1C=CCC1)Nc1ccc(N2CCOCC2)cc1. The molecule has 0 spiro atoms. The van der Waals surface area contributed by atoms with Crippen LogP contribution in [0.5, 0.6) is 0 Å². The van der Waals surface area contributed by atoms with Gasteiger partial charge in [-0.3, -0.25) is 4.79 Å². The van der Waals surface area contributed by atoms with Crippen LogP contribution in [0.2, 0.25) is 0 Å². The molecule has 2 aliphatic rings. The van der Waals surface area contributed by atoms with Gasteiger partial charge in [0.2, 0.25) is 5.91 Å². The van der Waals surface area contributed by atoms with Gasteiger partial charge in [0.05, 0.1) is 13.2 Å². The number of benzene rings is 1. The van der Waals surface area contributed by atoms with Crippen molar-refractivity contribution in [3.8, 4) is 0 Å². The summed E-state index contributed by atoms with van der Waals surface area (Å²) in [5.74, 6) is 0.517. The summed E-state index contributed by atoms with van der Waals surface area (Å²) in [6.45, 7) is 3.43. The molecule has 1 aromatic carbocycles. The van der Waals surface area contributed by atoms with Gasteiger partial charge in [0, 0.05) is 30.9 Å². The molecule has 4 nitrogen and oxygen atoms in total. The van der Waals surface area contributed by atoms with E-state index in [1.807, 2.05) is 12.1 Å². The molecule has 0 unspecified atom stereocenters. The molecule has 0 aromatic heterocycles. The number of allylic oxidation sites excluding steroid dienone is 2. The minimum atomic E-state index is 0.102. The molecule has 1 aliphatic carbocycles. The van der Waals surface area contributed by atoms with Crippen LogP contribution in [0.25, 0.3) is 0 Å². The number of anilines is 2. The normalized spacial score (nSPS) is 21.5. The zero-order valence-electron chi connectivity index (χ0n) is 12.3. The molecule has 1 saturated heterocycles. The van der Waals surface area contributed by atoms with Gasteiger partial charge in [-0.2, -0.15) is 0 Å². The second-order valence-electron chi connectivity index (χ2n) is 5.66. The van der Waals surface area contributed by atoms with Gasteiger partial charge >= 0.3 is 0 Å². The molecule has 4 heteroatoms. The lowest BCUT2D eigenvalue weighted by molar-refractivity contribution is -0.116. The summed E-state index contributed by atoms with van der Waals surface area (Å²) >= 11 is 0. The summed E-state index contributed by atoms with van der Waals surface area (Å²) in [5, 5.41) is 2.98. The summed E-state index contributed by atoms with van der Waals surface area (Å²) in [5.41, 5.74) is 2.06. The maximum Gasteiger partial charge on any atom is 0.224 e. The monoisotopic (exact) mass is 286 g/mol. The Morgan fingerprint density at radius 2 is 2.00 bits per heavy atom. The maximum absolute atomic E-state index is 12.0. The predicted octanol–water partition coefficient (Wildman–Crippen LogP) is 2.82. The molecule has 1 aromatic rings. The Labute approximate surface area is 125 Å². The Hall–Kier alpha value is -1.81. The fourth-order valence-electron chi connectivity index (χ4n) is 2.89. The van der Waals surface area contributed by atoms with Gasteiger partial charge in [0.1, 0.15) is 0 Å². The van der Waals surface area contributed by atoms with E-state index in [0.717, 1.165) is 44.8 Å². The highest BCUT2D eigenvalue weighted by Crippen LogP contribution is 2.22. The standard InChI is InChI=1S/C17H22N2O2/c20-17(13-14-3-1-2-4-14)18-15-5-7-16(8-6-15)19-9-11-21-12-10-19/h1,3,5-8,14H,2,4,9-13H2,(H,18,20)/t14-/m0/s1. The topological polar surface area (TPSA) is 41.6 Å². The van der Waals surface area contributed by atoms with Crippen molar-refractivity contribution in [2.24, 2.45) is 5.92 Å². The molecule has 1 fully saturated rings. The first-order chi connectivity index (χ1) is 10.3. The summed E-state index contributed by atoms with van der Waals surface area (Å²) in [7, 11) is 0. The number of nitrogens with zero attached hydrogens (tertiary/aromatic N) is 1. The molecule has 0 radical (unpaired) electrons. The average Bonchev–Trinajstić information content (AvgIpc) is 3.02. The minimum Gasteiger partial charge on any atom is -0.378 e. The van der Waals surface area contributed by atoms with Crippen molar-refractivity contribution < 1.29 is 9.53 Å². The van der Waals surface area contributed by atoms with Crippen LogP contribution < -0.4 is 10.2 Å². The Morgan fingerprint density at radius 3 is 2.67 bits per heavy atom. The molecule has 1 heterocycles. The molecular weight excluding hydrogens is 264 g/mol. The quantitative estimate of drug-likeness (QED) is 0.865. The number of hydrogen-bond acceptors (Lipinski definition) is 3. The Morgan fingerprint density at radius 1 is 1.24 bits per heavy atom. The third kappa shape index (κ3) is 3.85. The second kappa shape index (κ2) is 6.76. The Bertz CT molecular complexity index is 504. The fourth-order valence-corrected chi connectivity index (χ4v) is 2.89. The van der Waals surface area contributed by atoms with E-state index < -0.39 is 0 Å². The molecule has 0 bridgehead atoms. The van der Waals surface area contributed by atoms with Crippen LogP contribution in [0.1, 0.15) is 19.3 Å². The van der Waals surface area contributed by atoms with E-state index in [2.05, 4.69) is 34.5 Å². The van der Waals surface area contributed by atoms with Crippen molar-refractivity contribution in [1.82, 2.24) is 0 Å². The van der Waals surface area contributed by atoms with Gasteiger partial charge in [-0.05, 0) is 43.0 Å². The predicted molar refractivity (Wildman–Crippen MR) is 84.6 cm³/mol. The zero-order valence-corrected chi connectivity index (χ0v) is 12.3. The molecule has 21 heavy (non-hydrogen) atoms. The molecular formula is C17H22N2O2. The van der Waals surface area contributed by atoms with Crippen molar-refractivity contribution in [1.29, 1.82) is 0 Å². The molecule has 1 N–H and O–H groups in total. The van der Waals surface area contributed by atoms with Crippen molar-refractivity contribution in [3.63, 3.8) is 0 Å². The van der Waals surface area contributed by atoms with E-state index in [1.165, 1.54) is 5.69 Å². The molecule has 1 aliphatic heterocycles. The number of morpholine rings is 1. The van der Waals surface area contributed by atoms with E-state index >= 15 is 0 Å². The summed E-state index contributed by atoms with van der Waals surface area (Å²) in [6, 6.07) is 8.09. The number of carbonyl (C=O) groups excluding carboxylic acids is 1. The third-order valence-corrected chi connectivity index (χ3v) is 4.09. The van der Waals surface area contributed by atoms with Crippen LogP contribution in [-0.2, 0) is 9.53 Å². The van der Waals surface area contributed by atoms with E-state index in [1.54, 1.807) is 0 Å². The van der Waals surface area contributed by atoms with Gasteiger partial charge in [-0.25, -0.2) is 0 Å². The number of carbonyl (C=O) groups is 1. The van der Waals surface area contributed by atoms with Crippen LogP contribution in [0.3, 0.4) is 0 Å². The van der Waals surface area contributed by atoms with Gasteiger partial charge in [0.25, 0.3) is 0 Å². The van der Waals surface area contributed by atoms with E-state index in [4.69, 9.17) is 4.74 Å². The van der Waals surface area contributed by atoms with Gasteiger partial charge in [-0.15, -0.1) is 0 Å². The second-order valence-corrected chi connectivity index (χ2v) is 5.66. The van der Waals surface area contributed by atoms with Crippen LogP contribution in [0.4, 0.5) is 11.4 Å². The molecule has 3 rings (SSSR count). The zero-order chi connectivity index (χ0) is 14.5. The maximum atomic E-state index is 12.0. The smallest absolute Gasteiger partial charge is 0.224 e. The van der Waals surface area contributed by atoms with E-state index in [9.17, 15) is 4.79 Å². The number of rotatable bonds is 4. The van der Waals surface area contributed by atoms with Crippen LogP contribution >= 0.6 is 0 Å². The lowest BCUT2D eigenvalue weighted by Crippen LogP contribution is -2.36. The number of ether oxygens (including phenoxy) is 1. The third-order valence-electron chi connectivity index (χ3n) is 4.09. The van der Waals surface area contributed by atoms with Crippen molar-refractivity contribution >= 4 is 17.3 Å². The van der Waals surface area contributed by atoms with Crippen molar-refractivity contribution in [2.75, 3.05) is 36.5 Å². The molecule has 1 amide bonds. The van der Waals surface area contributed by atoms with Crippen LogP contribution in [-0.4, -0.2) is 32.2 Å². The fraction of sp³-hybridized carbons (Fsp3) is 0.471. The highest BCUT2D eigenvalue weighted by atomic mass is 16.5. The lowest BCUT2D eigenvalue weighted by Gasteiger charge is -2.28. The molecule has 112 valence electrons. The summed E-state index contributed by atoms with van der Waals surface area (Å²) in [6.07, 6.45) is 7.10. The first-order valence-electron chi connectivity index (χ1n) is 7.70. The number of nitrogens with one attached hydrogen (secondary N) is 1. The first-order valence-corrected chi connectivity index (χ1v) is 7.70. The van der Waals surface area contributed by atoms with Crippen molar-refractivity contribution in [3.05, 3.63) is 36.4 Å². The largest absolute Gasteiger partial charge is 0.378 e. The van der Waals surface area contributed by atoms with E-state index in [0.29, 0.717) is 12.3 Å². The van der Waals surface area contributed by atoms with Gasteiger partial charge in [-0.1, -0.05) is 12.2 Å². The first kappa shape index (κ1) is 14.1. The van der Waals surface area contributed by atoms with Gasteiger partial charge < -0.3 is 15.0 Å². The highest BCUT2D eigenvalue weighted by Gasteiger charge is 2.14. The Kier molecular flexibility index (Phi) is 4.55. The Balaban J connectivity index is 1.53. The van der Waals surface area contributed by atoms with Crippen molar-refractivity contribution in [2.45, 2.75) is 19.3 Å². The summed E-state index contributed by atoms with van der Waals surface area (Å²) < 4.78 is 5.36. The minimum absolute atomic E-state index is 0.102. The average molecular weight is 286 g/mol. The van der Waals surface area contributed by atoms with Crippen LogP contribution in [0, 0.1) is 5.92 Å². The highest BCUT2D eigenvalue weighted by molar-refractivity contribution is 5.91. The summed E-state index contributed by atoms with van der Waals surface area (Å²) in [4.78, 5) is 14.3. The van der Waals surface area contributed by atoms with Gasteiger partial charge in [0.15, 0.2) is 0 Å². The molecule has 1 atom stereocenters. The molecule has 0 saturated carbocycles. The number of amides is 1.